The Balaban J connectivity index is 1.99. The van der Waals surface area contributed by atoms with E-state index in [0.717, 1.165) is 51.4 Å². The van der Waals surface area contributed by atoms with Crippen LogP contribution in [-0.4, -0.2) is 137 Å². The highest BCUT2D eigenvalue weighted by Gasteiger charge is 2.29. The van der Waals surface area contributed by atoms with E-state index in [1.54, 1.807) is 0 Å². The number of carboxylic acid groups (broad SMARTS) is 2. The molecule has 1 aliphatic rings. The average molecular weight is 914 g/mol. The summed E-state index contributed by atoms with van der Waals surface area (Å²) < 4.78 is 21.1. The number of hydrogen-bond acceptors (Lipinski definition) is 11. The Labute approximate surface area is 381 Å². The van der Waals surface area contributed by atoms with E-state index in [4.69, 9.17) is 24.1 Å². The molecule has 1 saturated carbocycles. The highest BCUT2D eigenvalue weighted by Crippen LogP contribution is 2.29. The van der Waals surface area contributed by atoms with E-state index >= 15 is 0 Å². The monoisotopic (exact) mass is 914 g/mol. The second-order valence-corrected chi connectivity index (χ2v) is 16.7. The van der Waals surface area contributed by atoms with Gasteiger partial charge >= 0.3 is 11.9 Å². The molecule has 0 aromatic rings. The van der Waals surface area contributed by atoms with Crippen molar-refractivity contribution >= 4 is 41.5 Å². The lowest BCUT2D eigenvalue weighted by atomic mass is 9.81. The Morgan fingerprint density at radius 3 is 1.42 bits per heavy atom. The summed E-state index contributed by atoms with van der Waals surface area (Å²) in [6.45, 7) is 2.33. The number of rotatable bonds is 43. The van der Waals surface area contributed by atoms with Crippen molar-refractivity contribution in [1.29, 1.82) is 0 Å². The van der Waals surface area contributed by atoms with Gasteiger partial charge in [-0.15, -0.1) is 0 Å². The zero-order chi connectivity index (χ0) is 46.9. The van der Waals surface area contributed by atoms with E-state index < -0.39 is 18.0 Å². The minimum Gasteiger partial charge on any atom is -0.481 e. The number of amides is 5. The van der Waals surface area contributed by atoms with Gasteiger partial charge in [-0.2, -0.15) is 0 Å². The Morgan fingerprint density at radius 1 is 0.500 bits per heavy atom. The molecule has 1 rings (SSSR count). The molecule has 0 radical (unpaired) electrons. The summed E-state index contributed by atoms with van der Waals surface area (Å²) in [4.78, 5) is 82.9. The number of unbranched alkanes of at least 4 members (excludes halogenated alkanes) is 15. The Bertz CT molecular complexity index is 1280. The zero-order valence-corrected chi connectivity index (χ0v) is 38.9. The SMILES string of the molecule is CNC(=O)COCCOCCNC(=O)COCCOCCNC(=O)CC[C@H](NC(=O)[C@H]1CC[C@H](CNC(=O)CCCCCCCCCCCCCCCCCCC(=O)O)CC1)C(=O)O. The Kier molecular flexibility index (Phi) is 36.9. The number of carboxylic acids is 2. The van der Waals surface area contributed by atoms with Crippen molar-refractivity contribution in [2.24, 2.45) is 11.8 Å². The van der Waals surface area contributed by atoms with Gasteiger partial charge in [0, 0.05) is 51.9 Å². The Morgan fingerprint density at radius 2 is 0.938 bits per heavy atom. The van der Waals surface area contributed by atoms with E-state index in [9.17, 15) is 38.7 Å². The lowest BCUT2D eigenvalue weighted by Gasteiger charge is -2.28. The molecule has 1 atom stereocenters. The van der Waals surface area contributed by atoms with Gasteiger partial charge in [-0.1, -0.05) is 89.9 Å². The van der Waals surface area contributed by atoms with Crippen molar-refractivity contribution in [3.05, 3.63) is 0 Å². The van der Waals surface area contributed by atoms with Gasteiger partial charge < -0.3 is 55.7 Å². The topological polar surface area (TPSA) is 257 Å². The van der Waals surface area contributed by atoms with Crippen LogP contribution in [0.25, 0.3) is 0 Å². The molecule has 64 heavy (non-hydrogen) atoms. The molecule has 0 bridgehead atoms. The van der Waals surface area contributed by atoms with E-state index in [0.29, 0.717) is 45.4 Å². The number of aliphatic carboxylic acids is 2. The molecular formula is C46H83N5O13. The number of ether oxygens (including phenoxy) is 4. The first-order valence-corrected chi connectivity index (χ1v) is 24.1. The lowest BCUT2D eigenvalue weighted by Crippen LogP contribution is -2.45. The molecule has 5 amide bonds. The van der Waals surface area contributed by atoms with Gasteiger partial charge in [0.1, 0.15) is 19.3 Å². The molecule has 0 aromatic heterocycles. The zero-order valence-electron chi connectivity index (χ0n) is 38.9. The second kappa shape index (κ2) is 40.6. The molecule has 0 aliphatic heterocycles. The number of carbonyl (C=O) groups is 7. The molecule has 370 valence electrons. The first-order valence-electron chi connectivity index (χ1n) is 24.1. The van der Waals surface area contributed by atoms with Crippen LogP contribution in [0.2, 0.25) is 0 Å². The van der Waals surface area contributed by atoms with Crippen LogP contribution < -0.4 is 26.6 Å². The molecule has 0 aromatic carbocycles. The maximum atomic E-state index is 12.9. The minimum atomic E-state index is -1.20. The van der Waals surface area contributed by atoms with E-state index in [1.165, 1.54) is 71.3 Å². The van der Waals surface area contributed by atoms with Gasteiger partial charge in [0.05, 0.1) is 39.6 Å². The smallest absolute Gasteiger partial charge is 0.326 e. The first kappa shape index (κ1) is 58.1. The fourth-order valence-electron chi connectivity index (χ4n) is 7.34. The molecular weight excluding hydrogens is 831 g/mol. The van der Waals surface area contributed by atoms with Crippen molar-refractivity contribution < 1.29 is 62.7 Å². The van der Waals surface area contributed by atoms with Crippen LogP contribution in [-0.2, 0) is 52.5 Å². The van der Waals surface area contributed by atoms with Gasteiger partial charge in [-0.05, 0) is 50.9 Å². The fraction of sp³-hybridized carbons (Fsp3) is 0.848. The van der Waals surface area contributed by atoms with E-state index in [1.807, 2.05) is 0 Å². The fourth-order valence-corrected chi connectivity index (χ4v) is 7.34. The molecule has 7 N–H and O–H groups in total. The summed E-state index contributed by atoms with van der Waals surface area (Å²) in [6, 6.07) is -1.18. The minimum absolute atomic E-state index is 0.0352. The maximum absolute atomic E-state index is 12.9. The van der Waals surface area contributed by atoms with Gasteiger partial charge in [0.25, 0.3) is 0 Å². The molecule has 0 spiro atoms. The number of carbonyl (C=O) groups excluding carboxylic acids is 5. The standard InChI is InChI=1S/C46H83N5O13/c1-47-42(54)35-63-32-30-62-29-27-49-43(55)36-64-33-31-61-28-26-48-41(53)25-24-39(46(59)60)51-45(58)38-22-20-37(21-23-38)34-50-40(52)18-16-14-12-10-8-6-4-2-3-5-7-9-11-13-15-17-19-44(56)57/h37-39H,2-36H2,1H3,(H,47,54)(H,48,53)(H,49,55)(H,50,52)(H,51,58)(H,56,57)(H,59,60)/t37-,38-,39-/m0/s1. The van der Waals surface area contributed by atoms with Crippen molar-refractivity contribution in [3.8, 4) is 0 Å². The molecule has 1 fully saturated rings. The largest absolute Gasteiger partial charge is 0.481 e. The van der Waals surface area contributed by atoms with Gasteiger partial charge in [0.2, 0.25) is 29.5 Å². The number of likely N-dealkylation sites (N-methyl/N-ethyl adjacent to an activating group) is 1. The van der Waals surface area contributed by atoms with Gasteiger partial charge in [-0.25, -0.2) is 4.79 Å². The van der Waals surface area contributed by atoms with Crippen LogP contribution in [0.5, 0.6) is 0 Å². The van der Waals surface area contributed by atoms with Crippen LogP contribution in [0, 0.1) is 11.8 Å². The molecule has 0 saturated heterocycles. The first-order chi connectivity index (χ1) is 31.0. The highest BCUT2D eigenvalue weighted by molar-refractivity contribution is 5.85. The summed E-state index contributed by atoms with van der Waals surface area (Å²) in [7, 11) is 1.52. The summed E-state index contributed by atoms with van der Waals surface area (Å²) in [5.74, 6) is -3.04. The third-order valence-corrected chi connectivity index (χ3v) is 11.3. The summed E-state index contributed by atoms with van der Waals surface area (Å²) >= 11 is 0. The quantitative estimate of drug-likeness (QED) is 0.0419. The highest BCUT2D eigenvalue weighted by atomic mass is 16.5. The van der Waals surface area contributed by atoms with Crippen molar-refractivity contribution in [1.82, 2.24) is 26.6 Å². The predicted octanol–water partition coefficient (Wildman–Crippen LogP) is 4.41. The molecule has 18 heteroatoms. The number of nitrogens with one attached hydrogen (secondary N) is 5. The Hall–Kier alpha value is -3.87. The van der Waals surface area contributed by atoms with Crippen molar-refractivity contribution in [3.63, 3.8) is 0 Å². The van der Waals surface area contributed by atoms with Crippen LogP contribution in [0.3, 0.4) is 0 Å². The van der Waals surface area contributed by atoms with Gasteiger partial charge in [-0.3, -0.25) is 28.8 Å². The maximum Gasteiger partial charge on any atom is 0.326 e. The second-order valence-electron chi connectivity index (χ2n) is 16.7. The third-order valence-electron chi connectivity index (χ3n) is 11.3. The number of hydrogen-bond donors (Lipinski definition) is 7. The third kappa shape index (κ3) is 35.5. The summed E-state index contributed by atoms with van der Waals surface area (Å²) in [5.41, 5.74) is 0. The normalized spacial score (nSPS) is 15.2. The van der Waals surface area contributed by atoms with Gasteiger partial charge in [0.15, 0.2) is 0 Å². The van der Waals surface area contributed by atoms with Crippen LogP contribution >= 0.6 is 0 Å². The summed E-state index contributed by atoms with van der Waals surface area (Å²) in [5, 5.41) is 31.8. The van der Waals surface area contributed by atoms with E-state index in [-0.39, 0.29) is 107 Å². The molecule has 0 unspecified atom stereocenters. The van der Waals surface area contributed by atoms with Crippen LogP contribution in [0.1, 0.15) is 154 Å². The van der Waals surface area contributed by atoms with Crippen LogP contribution in [0.4, 0.5) is 0 Å². The summed E-state index contributed by atoms with van der Waals surface area (Å²) in [6.07, 6.45) is 22.2. The molecule has 1 aliphatic carbocycles. The van der Waals surface area contributed by atoms with Crippen LogP contribution in [0.15, 0.2) is 0 Å². The lowest BCUT2D eigenvalue weighted by molar-refractivity contribution is -0.143. The van der Waals surface area contributed by atoms with Crippen molar-refractivity contribution in [2.45, 2.75) is 160 Å². The molecule has 18 nitrogen and oxygen atoms in total. The molecule has 0 heterocycles. The predicted molar refractivity (Wildman–Crippen MR) is 241 cm³/mol. The average Bonchev–Trinajstić information content (AvgIpc) is 3.28. The van der Waals surface area contributed by atoms with Crippen molar-refractivity contribution in [2.75, 3.05) is 79.5 Å². The van der Waals surface area contributed by atoms with E-state index in [2.05, 4.69) is 26.6 Å².